The van der Waals surface area contributed by atoms with Crippen molar-refractivity contribution in [1.82, 2.24) is 5.32 Å². The summed E-state index contributed by atoms with van der Waals surface area (Å²) in [7, 11) is 0. The van der Waals surface area contributed by atoms with E-state index in [0.717, 1.165) is 28.5 Å². The molecule has 2 N–H and O–H groups in total. The third-order valence-electron chi connectivity index (χ3n) is 4.82. The molecule has 0 fully saturated rings. The van der Waals surface area contributed by atoms with E-state index in [9.17, 15) is 18.7 Å². The molecule has 1 amide bonds. The van der Waals surface area contributed by atoms with Gasteiger partial charge in [-0.25, -0.2) is 8.78 Å². The first-order valence-electron chi connectivity index (χ1n) is 9.06. The number of nitrogens with one attached hydrogen (secondary N) is 1. The smallest absolute Gasteiger partial charge is 0.255 e. The lowest BCUT2D eigenvalue weighted by Gasteiger charge is -2.23. The number of hydrogen-bond donors (Lipinski definition) is 2. The van der Waals surface area contributed by atoms with Gasteiger partial charge in [-0.05, 0) is 34.5 Å². The van der Waals surface area contributed by atoms with Crippen LogP contribution in [0.5, 0.6) is 5.75 Å². The van der Waals surface area contributed by atoms with Crippen LogP contribution >= 0.6 is 0 Å². The second-order valence-corrected chi connectivity index (χ2v) is 6.66. The molecule has 144 valence electrons. The maximum absolute atomic E-state index is 14.1. The van der Waals surface area contributed by atoms with E-state index < -0.39 is 23.6 Å². The van der Waals surface area contributed by atoms with Crippen molar-refractivity contribution in [2.45, 2.75) is 6.04 Å². The molecular weight excluding hydrogens is 372 g/mol. The van der Waals surface area contributed by atoms with E-state index in [4.69, 9.17) is 0 Å². The van der Waals surface area contributed by atoms with E-state index in [1.54, 1.807) is 12.1 Å². The fourth-order valence-corrected chi connectivity index (χ4v) is 3.44. The lowest BCUT2D eigenvalue weighted by Crippen LogP contribution is -2.30. The van der Waals surface area contributed by atoms with E-state index in [1.807, 2.05) is 54.6 Å². The van der Waals surface area contributed by atoms with E-state index in [1.165, 1.54) is 0 Å². The van der Waals surface area contributed by atoms with E-state index in [0.29, 0.717) is 11.6 Å². The number of halogens is 2. The Morgan fingerprint density at radius 2 is 1.59 bits per heavy atom. The van der Waals surface area contributed by atoms with E-state index >= 15 is 0 Å². The number of phenolic OH excluding ortho intramolecular Hbond substituents is 1. The summed E-state index contributed by atoms with van der Waals surface area (Å²) in [6, 6.07) is 22.0. The average Bonchev–Trinajstić information content (AvgIpc) is 2.73. The maximum Gasteiger partial charge on any atom is 0.255 e. The van der Waals surface area contributed by atoms with Crippen LogP contribution in [-0.4, -0.2) is 11.0 Å². The van der Waals surface area contributed by atoms with Crippen molar-refractivity contribution >= 4 is 16.7 Å². The molecule has 0 aliphatic carbocycles. The van der Waals surface area contributed by atoms with Gasteiger partial charge in [0, 0.05) is 11.6 Å². The van der Waals surface area contributed by atoms with Gasteiger partial charge < -0.3 is 10.4 Å². The minimum atomic E-state index is -0.948. The zero-order chi connectivity index (χ0) is 20.4. The van der Waals surface area contributed by atoms with Crippen LogP contribution in [0, 0.1) is 11.6 Å². The minimum Gasteiger partial charge on any atom is -0.508 e. The molecule has 5 heteroatoms. The van der Waals surface area contributed by atoms with Gasteiger partial charge >= 0.3 is 0 Å². The molecule has 4 rings (SSSR count). The van der Waals surface area contributed by atoms with Crippen LogP contribution in [0.4, 0.5) is 8.78 Å². The number of hydrogen-bond acceptors (Lipinski definition) is 2. The highest BCUT2D eigenvalue weighted by atomic mass is 19.1. The standard InChI is InChI=1S/C24H17F2NO2/c25-17-11-12-19(20(26)14-17)24(29)27-23(16-7-2-1-3-8-16)22-18-9-5-4-6-15(18)10-13-21(22)28/h1-14,23,28H,(H,27,29). The van der Waals surface area contributed by atoms with Gasteiger partial charge in [-0.1, -0.05) is 60.7 Å². The van der Waals surface area contributed by atoms with Crippen LogP contribution in [0.25, 0.3) is 10.8 Å². The van der Waals surface area contributed by atoms with Crippen molar-refractivity contribution in [3.8, 4) is 5.75 Å². The van der Waals surface area contributed by atoms with Gasteiger partial charge in [0.15, 0.2) is 0 Å². The second kappa shape index (κ2) is 7.72. The lowest BCUT2D eigenvalue weighted by atomic mass is 9.92. The summed E-state index contributed by atoms with van der Waals surface area (Å²) in [6.45, 7) is 0. The summed E-state index contributed by atoms with van der Waals surface area (Å²) in [5, 5.41) is 15.1. The van der Waals surface area contributed by atoms with Gasteiger partial charge in [-0.15, -0.1) is 0 Å². The molecular formula is C24H17F2NO2. The fraction of sp³-hybridized carbons (Fsp3) is 0.0417. The normalized spacial score (nSPS) is 11.9. The molecule has 0 heterocycles. The van der Waals surface area contributed by atoms with Gasteiger partial charge in [-0.2, -0.15) is 0 Å². The van der Waals surface area contributed by atoms with Gasteiger partial charge in [0.1, 0.15) is 17.4 Å². The highest BCUT2D eigenvalue weighted by Gasteiger charge is 2.24. The molecule has 0 aliphatic heterocycles. The topological polar surface area (TPSA) is 49.3 Å². The zero-order valence-corrected chi connectivity index (χ0v) is 15.3. The van der Waals surface area contributed by atoms with Crippen LogP contribution in [-0.2, 0) is 0 Å². The molecule has 4 aromatic rings. The van der Waals surface area contributed by atoms with Gasteiger partial charge in [0.2, 0.25) is 0 Å². The quantitative estimate of drug-likeness (QED) is 0.495. The number of carbonyl (C=O) groups excluding carboxylic acids is 1. The number of amides is 1. The van der Waals surface area contributed by atoms with Crippen LogP contribution in [0.2, 0.25) is 0 Å². The molecule has 0 bridgehead atoms. The Bertz CT molecular complexity index is 1190. The average molecular weight is 389 g/mol. The maximum atomic E-state index is 14.1. The summed E-state index contributed by atoms with van der Waals surface area (Å²) < 4.78 is 27.4. The van der Waals surface area contributed by atoms with Crippen molar-refractivity contribution in [1.29, 1.82) is 0 Å². The molecule has 0 saturated heterocycles. The first kappa shape index (κ1) is 18.6. The van der Waals surface area contributed by atoms with Crippen molar-refractivity contribution in [2.24, 2.45) is 0 Å². The third kappa shape index (κ3) is 3.67. The molecule has 3 nitrogen and oxygen atoms in total. The molecule has 0 aliphatic rings. The first-order chi connectivity index (χ1) is 14.0. The number of benzene rings is 4. The monoisotopic (exact) mass is 389 g/mol. The van der Waals surface area contributed by atoms with Gasteiger partial charge in [0.05, 0.1) is 11.6 Å². The molecule has 0 saturated carbocycles. The van der Waals surface area contributed by atoms with Crippen molar-refractivity contribution in [2.75, 3.05) is 0 Å². The molecule has 1 atom stereocenters. The van der Waals surface area contributed by atoms with Crippen LogP contribution in [0.15, 0.2) is 84.9 Å². The summed E-state index contributed by atoms with van der Waals surface area (Å²) in [4.78, 5) is 12.8. The lowest BCUT2D eigenvalue weighted by molar-refractivity contribution is 0.0939. The SMILES string of the molecule is O=C(NC(c1ccccc1)c1c(O)ccc2ccccc12)c1ccc(F)cc1F. The predicted molar refractivity (Wildman–Crippen MR) is 108 cm³/mol. The van der Waals surface area contributed by atoms with Gasteiger partial charge in [-0.3, -0.25) is 4.79 Å². The van der Waals surface area contributed by atoms with E-state index in [-0.39, 0.29) is 11.3 Å². The zero-order valence-electron chi connectivity index (χ0n) is 15.3. The Balaban J connectivity index is 1.84. The highest BCUT2D eigenvalue weighted by molar-refractivity contribution is 5.96. The molecule has 0 spiro atoms. The number of aromatic hydroxyl groups is 1. The Labute approximate surface area is 166 Å². The Kier molecular flexibility index (Phi) is 4.96. The van der Waals surface area contributed by atoms with Crippen LogP contribution in [0.3, 0.4) is 0 Å². The minimum absolute atomic E-state index is 0.0115. The fourth-order valence-electron chi connectivity index (χ4n) is 3.44. The number of rotatable bonds is 4. The van der Waals surface area contributed by atoms with Crippen LogP contribution < -0.4 is 5.32 Å². The molecule has 4 aromatic carbocycles. The molecule has 0 radical (unpaired) electrons. The first-order valence-corrected chi connectivity index (χ1v) is 9.06. The summed E-state index contributed by atoms with van der Waals surface area (Å²) in [5.74, 6) is -2.40. The summed E-state index contributed by atoms with van der Waals surface area (Å²) >= 11 is 0. The van der Waals surface area contributed by atoms with E-state index in [2.05, 4.69) is 5.32 Å². The Morgan fingerprint density at radius 1 is 0.862 bits per heavy atom. The highest BCUT2D eigenvalue weighted by Crippen LogP contribution is 2.36. The Hall–Kier alpha value is -3.73. The molecule has 29 heavy (non-hydrogen) atoms. The van der Waals surface area contributed by atoms with Crippen LogP contribution in [0.1, 0.15) is 27.5 Å². The Morgan fingerprint density at radius 3 is 2.34 bits per heavy atom. The predicted octanol–water partition coefficient (Wildman–Crippen LogP) is 5.34. The second-order valence-electron chi connectivity index (χ2n) is 6.66. The van der Waals surface area contributed by atoms with Crippen molar-refractivity contribution in [3.63, 3.8) is 0 Å². The largest absolute Gasteiger partial charge is 0.508 e. The van der Waals surface area contributed by atoms with Crippen molar-refractivity contribution in [3.05, 3.63) is 113 Å². The number of phenols is 1. The molecule has 0 aromatic heterocycles. The number of carbonyl (C=O) groups is 1. The van der Waals surface area contributed by atoms with Crippen molar-refractivity contribution < 1.29 is 18.7 Å². The summed E-state index contributed by atoms with van der Waals surface area (Å²) in [5.41, 5.74) is 0.951. The number of fused-ring (bicyclic) bond motifs is 1. The van der Waals surface area contributed by atoms with Gasteiger partial charge in [0.25, 0.3) is 5.91 Å². The summed E-state index contributed by atoms with van der Waals surface area (Å²) in [6.07, 6.45) is 0. The third-order valence-corrected chi connectivity index (χ3v) is 4.82. The molecule has 1 unspecified atom stereocenters.